The minimum atomic E-state index is -1.15. The van der Waals surface area contributed by atoms with E-state index in [0.29, 0.717) is 45.8 Å². The molecular weight excluding hydrogens is 571 g/mol. The monoisotopic (exact) mass is 602 g/mol. The summed E-state index contributed by atoms with van der Waals surface area (Å²) in [7, 11) is 3.49. The summed E-state index contributed by atoms with van der Waals surface area (Å²) in [4.78, 5) is 24.9. The molecule has 0 radical (unpaired) electrons. The first-order valence-electron chi connectivity index (χ1n) is 14.4. The van der Waals surface area contributed by atoms with Gasteiger partial charge in [-0.15, -0.1) is 0 Å². The lowest BCUT2D eigenvalue weighted by Crippen LogP contribution is -2.50. The molecule has 1 saturated heterocycles. The second-order valence-electron chi connectivity index (χ2n) is 11.7. The molecule has 5 aromatic rings. The van der Waals surface area contributed by atoms with E-state index in [1.165, 1.54) is 11.0 Å². The number of hydrogen-bond acceptors (Lipinski definition) is 6. The highest BCUT2D eigenvalue weighted by atomic mass is 35.5. The van der Waals surface area contributed by atoms with E-state index >= 15 is 0 Å². The Hall–Kier alpha value is -4.15. The lowest BCUT2D eigenvalue weighted by molar-refractivity contribution is 0.0606. The highest BCUT2D eigenvalue weighted by Gasteiger charge is 2.30. The molecule has 7 rings (SSSR count). The molecule has 3 aromatic heterocycles. The minimum Gasteiger partial charge on any atom is -0.508 e. The molecular formula is C32H32ClFN6O3. The third-order valence-corrected chi connectivity index (χ3v) is 8.77. The third-order valence-electron chi connectivity index (χ3n) is 8.46. The number of alkyl halides is 1. The van der Waals surface area contributed by atoms with Crippen molar-refractivity contribution >= 4 is 39.6 Å². The Morgan fingerprint density at radius 2 is 1.95 bits per heavy atom. The number of aryl methyl sites for hydroxylation is 1. The molecule has 0 spiro atoms. The number of fused-ring (bicyclic) bond motifs is 2. The molecule has 1 aliphatic heterocycles. The minimum absolute atomic E-state index is 0.0198. The third kappa shape index (κ3) is 4.98. The molecule has 2 aliphatic rings. The Bertz CT molecular complexity index is 1890. The maximum Gasteiger partial charge on any atom is 0.254 e. The number of piperidine rings is 1. The van der Waals surface area contributed by atoms with Gasteiger partial charge in [0, 0.05) is 42.7 Å². The van der Waals surface area contributed by atoms with Crippen molar-refractivity contribution in [3.63, 3.8) is 0 Å². The number of aromatic hydroxyl groups is 1. The number of hydrogen-bond donors (Lipinski definition) is 2. The highest BCUT2D eigenvalue weighted by Crippen LogP contribution is 2.39. The van der Waals surface area contributed by atoms with Gasteiger partial charge in [-0.3, -0.25) is 4.79 Å². The topological polar surface area (TPSA) is 111 Å². The normalized spacial score (nSPS) is 19.0. The number of carbonyl (C=O) groups is 1. The van der Waals surface area contributed by atoms with Crippen LogP contribution in [0.15, 0.2) is 48.5 Å². The average molecular weight is 603 g/mol. The van der Waals surface area contributed by atoms with E-state index in [1.807, 2.05) is 23.7 Å². The molecule has 1 saturated carbocycles. The number of aromatic nitrogens is 4. The molecule has 3 N–H and O–H groups in total. The number of nitrogens with two attached hydrogens (primary N) is 1. The number of ether oxygens (including phenoxy) is 1. The van der Waals surface area contributed by atoms with Gasteiger partial charge in [0.25, 0.3) is 5.91 Å². The van der Waals surface area contributed by atoms with Crippen LogP contribution in [-0.4, -0.2) is 67.4 Å². The van der Waals surface area contributed by atoms with Crippen LogP contribution in [0.2, 0.25) is 5.02 Å². The molecule has 2 atom stereocenters. The molecule has 2 fully saturated rings. The van der Waals surface area contributed by atoms with Gasteiger partial charge < -0.3 is 29.6 Å². The predicted molar refractivity (Wildman–Crippen MR) is 164 cm³/mol. The van der Waals surface area contributed by atoms with Crippen LogP contribution in [0, 0.1) is 5.92 Å². The molecule has 43 heavy (non-hydrogen) atoms. The number of benzene rings is 2. The molecule has 4 heterocycles. The lowest BCUT2D eigenvalue weighted by Gasteiger charge is -2.33. The van der Waals surface area contributed by atoms with Crippen molar-refractivity contribution in [1.82, 2.24) is 24.0 Å². The van der Waals surface area contributed by atoms with E-state index in [-0.39, 0.29) is 24.6 Å². The van der Waals surface area contributed by atoms with Gasteiger partial charge in [0.15, 0.2) is 5.82 Å². The van der Waals surface area contributed by atoms with Crippen LogP contribution >= 0.6 is 11.6 Å². The summed E-state index contributed by atoms with van der Waals surface area (Å²) in [5, 5.41) is 11.2. The van der Waals surface area contributed by atoms with Crippen molar-refractivity contribution in [3.05, 3.63) is 59.1 Å². The largest absolute Gasteiger partial charge is 0.508 e. The summed E-state index contributed by atoms with van der Waals surface area (Å²) in [5.74, 6) is 1.58. The van der Waals surface area contributed by atoms with Gasteiger partial charge in [-0.1, -0.05) is 11.6 Å². The number of nitrogens with zero attached hydrogens (tertiary/aromatic N) is 5. The second kappa shape index (κ2) is 10.5. The Balaban J connectivity index is 1.35. The summed E-state index contributed by atoms with van der Waals surface area (Å²) < 4.78 is 24.2. The molecule has 9 nitrogen and oxygen atoms in total. The molecule has 2 aromatic carbocycles. The molecule has 1 aliphatic carbocycles. The van der Waals surface area contributed by atoms with E-state index < -0.39 is 12.2 Å². The number of phenols is 1. The smallest absolute Gasteiger partial charge is 0.254 e. The van der Waals surface area contributed by atoms with Crippen LogP contribution in [0.5, 0.6) is 11.5 Å². The van der Waals surface area contributed by atoms with Crippen molar-refractivity contribution in [1.29, 1.82) is 0 Å². The van der Waals surface area contributed by atoms with Gasteiger partial charge in [-0.25, -0.2) is 14.4 Å². The van der Waals surface area contributed by atoms with E-state index in [1.54, 1.807) is 31.4 Å². The molecule has 1 amide bonds. The first kappa shape index (κ1) is 27.7. The SMILES string of the molecule is COc1cc(C(=O)N2C[C@H](N)C[C@@H](F)C2)cc2nc(-c3cc4ccc(-c5ccc(O)cc5Cl)nc4n3CC3CC3)n(C)c12. The van der Waals surface area contributed by atoms with Gasteiger partial charge in [0.05, 0.1) is 35.6 Å². The predicted octanol–water partition coefficient (Wildman–Crippen LogP) is 5.55. The number of likely N-dealkylation sites (tertiary alicyclic amines) is 1. The summed E-state index contributed by atoms with van der Waals surface area (Å²) >= 11 is 6.46. The van der Waals surface area contributed by atoms with E-state index in [0.717, 1.165) is 47.2 Å². The zero-order chi connectivity index (χ0) is 30.0. The van der Waals surface area contributed by atoms with Crippen LogP contribution in [0.25, 0.3) is 44.8 Å². The zero-order valence-electron chi connectivity index (χ0n) is 23.9. The van der Waals surface area contributed by atoms with Gasteiger partial charge in [0.2, 0.25) is 0 Å². The van der Waals surface area contributed by atoms with Crippen molar-refractivity contribution in [2.75, 3.05) is 20.2 Å². The van der Waals surface area contributed by atoms with Gasteiger partial charge in [-0.2, -0.15) is 0 Å². The average Bonchev–Trinajstić information content (AvgIpc) is 3.65. The van der Waals surface area contributed by atoms with Crippen molar-refractivity contribution in [3.8, 4) is 34.3 Å². The Kier molecular flexibility index (Phi) is 6.78. The summed E-state index contributed by atoms with van der Waals surface area (Å²) in [6, 6.07) is 14.0. The molecule has 0 bridgehead atoms. The lowest BCUT2D eigenvalue weighted by atomic mass is 10.0. The Morgan fingerprint density at radius 1 is 1.14 bits per heavy atom. The number of pyridine rings is 1. The molecule has 0 unspecified atom stereocenters. The second-order valence-corrected chi connectivity index (χ2v) is 12.1. The summed E-state index contributed by atoms with van der Waals surface area (Å²) in [5.41, 5.74) is 10.9. The summed E-state index contributed by atoms with van der Waals surface area (Å²) in [6.45, 7) is 1.12. The van der Waals surface area contributed by atoms with E-state index in [4.69, 9.17) is 32.0 Å². The first-order valence-corrected chi connectivity index (χ1v) is 14.8. The van der Waals surface area contributed by atoms with Crippen molar-refractivity contribution < 1.29 is 19.0 Å². The zero-order valence-corrected chi connectivity index (χ0v) is 24.7. The fourth-order valence-corrected chi connectivity index (χ4v) is 6.43. The van der Waals surface area contributed by atoms with Gasteiger partial charge in [0.1, 0.15) is 28.8 Å². The number of rotatable bonds is 6. The molecule has 222 valence electrons. The number of halogens is 2. The van der Waals surface area contributed by atoms with Gasteiger partial charge in [-0.05, 0) is 73.7 Å². The van der Waals surface area contributed by atoms with Gasteiger partial charge >= 0.3 is 0 Å². The van der Waals surface area contributed by atoms with E-state index in [2.05, 4.69) is 10.6 Å². The Morgan fingerprint density at radius 3 is 2.67 bits per heavy atom. The number of carbonyl (C=O) groups excluding carboxylic acids is 1. The standard InChI is InChI=1S/C32H32ClFN6O3/c1-38-29-26(9-19(11-28(29)43-2)32(42)39-15-20(34)12-21(35)16-39)37-31(38)27-10-18-5-8-25(23-7-6-22(41)13-24(23)33)36-30(18)40(27)14-17-3-4-17/h5-11,13,17,20-21,41H,3-4,12,14-16,35H2,1-2H3/t20-,21-/m1/s1. The van der Waals surface area contributed by atoms with Crippen LogP contribution in [0.3, 0.4) is 0 Å². The number of imidazole rings is 1. The van der Waals surface area contributed by atoms with Crippen molar-refractivity contribution in [2.24, 2.45) is 18.7 Å². The fraction of sp³-hybridized carbons (Fsp3) is 0.344. The van der Waals surface area contributed by atoms with Crippen LogP contribution in [-0.2, 0) is 13.6 Å². The molecule has 11 heteroatoms. The first-order chi connectivity index (χ1) is 20.7. The van der Waals surface area contributed by atoms with Crippen LogP contribution in [0.4, 0.5) is 4.39 Å². The number of methoxy groups -OCH3 is 1. The maximum absolute atomic E-state index is 14.2. The number of phenolic OH excluding ortho intramolecular Hbond substituents is 1. The fourth-order valence-electron chi connectivity index (χ4n) is 6.16. The summed E-state index contributed by atoms with van der Waals surface area (Å²) in [6.07, 6.45) is 1.42. The maximum atomic E-state index is 14.2. The van der Waals surface area contributed by atoms with Crippen molar-refractivity contribution in [2.45, 2.75) is 38.0 Å². The van der Waals surface area contributed by atoms with Crippen LogP contribution < -0.4 is 10.5 Å². The van der Waals surface area contributed by atoms with E-state index in [9.17, 15) is 14.3 Å². The van der Waals surface area contributed by atoms with Crippen LogP contribution in [0.1, 0.15) is 29.6 Å². The highest BCUT2D eigenvalue weighted by molar-refractivity contribution is 6.33. The number of amides is 1. The Labute approximate surface area is 252 Å². The quantitative estimate of drug-likeness (QED) is 0.264.